The van der Waals surface area contributed by atoms with E-state index in [9.17, 15) is 37.4 Å². The van der Waals surface area contributed by atoms with Gasteiger partial charge in [-0.05, 0) is 54.0 Å². The SMILES string of the molecule is CC(C)c1c(C(=O)N(C)Cc2cccc(OC(F)(F)F)c2)nn(-c2ccc(F)cc2)c1C=C[C@H](O)C[C@@H](O)CC(=O)O.[H-].[Na+]. The molecule has 3 N–H and O–H groups in total. The van der Waals surface area contributed by atoms with Crippen LogP contribution in [-0.4, -0.2) is 67.5 Å². The fourth-order valence-corrected chi connectivity index (χ4v) is 4.32. The number of aliphatic hydroxyl groups excluding tert-OH is 2. The third-order valence-electron chi connectivity index (χ3n) is 6.11. The van der Waals surface area contributed by atoms with E-state index in [1.54, 1.807) is 6.07 Å². The van der Waals surface area contributed by atoms with E-state index in [1.807, 2.05) is 13.8 Å². The first-order chi connectivity index (χ1) is 19.6. The number of nitrogens with zero attached hydrogens (tertiary/aromatic N) is 3. The average molecular weight is 618 g/mol. The Balaban J connectivity index is 0.00000484. The first kappa shape index (κ1) is 36.0. The zero-order valence-electron chi connectivity index (χ0n) is 25.0. The number of amides is 1. The second-order valence-electron chi connectivity index (χ2n) is 9.96. The Morgan fingerprint density at radius 2 is 1.79 bits per heavy atom. The molecule has 0 radical (unpaired) electrons. The Morgan fingerprint density at radius 3 is 2.37 bits per heavy atom. The van der Waals surface area contributed by atoms with E-state index in [4.69, 9.17) is 5.11 Å². The van der Waals surface area contributed by atoms with Crippen LogP contribution in [0.5, 0.6) is 5.75 Å². The quantitative estimate of drug-likeness (QED) is 0.210. The van der Waals surface area contributed by atoms with Crippen molar-refractivity contribution < 1.29 is 78.2 Å². The maximum atomic E-state index is 13.7. The number of aliphatic hydroxyl groups is 2. The van der Waals surface area contributed by atoms with Gasteiger partial charge >= 0.3 is 41.9 Å². The zero-order chi connectivity index (χ0) is 31.2. The molecule has 0 spiro atoms. The first-order valence-corrected chi connectivity index (χ1v) is 12.9. The van der Waals surface area contributed by atoms with Crippen LogP contribution in [0.25, 0.3) is 11.8 Å². The maximum absolute atomic E-state index is 13.7. The number of ether oxygens (including phenoxy) is 1. The van der Waals surface area contributed by atoms with Crippen LogP contribution in [0.4, 0.5) is 17.6 Å². The Hall–Kier alpha value is -3.23. The topological polar surface area (TPSA) is 125 Å². The van der Waals surface area contributed by atoms with Crippen LogP contribution < -0.4 is 34.3 Å². The molecule has 2 aromatic carbocycles. The van der Waals surface area contributed by atoms with Crippen LogP contribution in [0.3, 0.4) is 0 Å². The average Bonchev–Trinajstić information content (AvgIpc) is 3.25. The van der Waals surface area contributed by atoms with E-state index in [2.05, 4.69) is 9.84 Å². The number of carboxylic acid groups (broad SMARTS) is 1. The molecule has 0 bridgehead atoms. The summed E-state index contributed by atoms with van der Waals surface area (Å²) in [5.41, 5.74) is 1.65. The van der Waals surface area contributed by atoms with E-state index in [0.717, 1.165) is 6.07 Å². The van der Waals surface area contributed by atoms with Crippen LogP contribution >= 0.6 is 0 Å². The minimum atomic E-state index is -4.87. The molecule has 1 heterocycles. The summed E-state index contributed by atoms with van der Waals surface area (Å²) < 4.78 is 57.0. The number of alkyl halides is 3. The maximum Gasteiger partial charge on any atom is 1.00 e. The van der Waals surface area contributed by atoms with Gasteiger partial charge in [-0.3, -0.25) is 9.59 Å². The Morgan fingerprint density at radius 1 is 1.14 bits per heavy atom. The first-order valence-electron chi connectivity index (χ1n) is 12.9. The number of hydrogen-bond acceptors (Lipinski definition) is 6. The largest absolute Gasteiger partial charge is 1.00 e. The van der Waals surface area contributed by atoms with Gasteiger partial charge in [0, 0.05) is 25.6 Å². The zero-order valence-corrected chi connectivity index (χ0v) is 26.0. The molecule has 2 atom stereocenters. The van der Waals surface area contributed by atoms with Gasteiger partial charge < -0.3 is 26.4 Å². The van der Waals surface area contributed by atoms with E-state index in [-0.39, 0.29) is 55.6 Å². The normalized spacial score (nSPS) is 13.1. The molecule has 0 saturated carbocycles. The predicted octanol–water partition coefficient (Wildman–Crippen LogP) is 2.02. The molecular weight excluding hydrogens is 585 g/mol. The van der Waals surface area contributed by atoms with Crippen molar-refractivity contribution in [2.24, 2.45) is 0 Å². The van der Waals surface area contributed by atoms with Crippen molar-refractivity contribution in [3.8, 4) is 11.4 Å². The van der Waals surface area contributed by atoms with Crippen molar-refractivity contribution in [3.63, 3.8) is 0 Å². The molecule has 14 heteroatoms. The summed E-state index contributed by atoms with van der Waals surface area (Å²) in [5, 5.41) is 33.6. The number of hydrogen-bond donors (Lipinski definition) is 3. The summed E-state index contributed by atoms with van der Waals surface area (Å²) in [6, 6.07) is 10.5. The van der Waals surface area contributed by atoms with Gasteiger partial charge in [0.05, 0.1) is 30.0 Å². The molecule has 1 amide bonds. The molecule has 1 aromatic heterocycles. The van der Waals surface area contributed by atoms with E-state index < -0.39 is 48.4 Å². The number of aliphatic carboxylic acids is 1. The van der Waals surface area contributed by atoms with Crippen molar-refractivity contribution >= 4 is 18.0 Å². The molecule has 3 rings (SSSR count). The van der Waals surface area contributed by atoms with Crippen LogP contribution in [0.1, 0.15) is 61.3 Å². The van der Waals surface area contributed by atoms with Crippen LogP contribution in [0, 0.1) is 5.82 Å². The Bertz CT molecular complexity index is 1430. The van der Waals surface area contributed by atoms with Crippen molar-refractivity contribution in [2.75, 3.05) is 7.05 Å². The number of carbonyl (C=O) groups excluding carboxylic acids is 1. The number of aromatic nitrogens is 2. The van der Waals surface area contributed by atoms with Crippen LogP contribution in [0.2, 0.25) is 0 Å². The van der Waals surface area contributed by atoms with Crippen LogP contribution in [-0.2, 0) is 11.3 Å². The van der Waals surface area contributed by atoms with Gasteiger partial charge in [0.2, 0.25) is 0 Å². The molecule has 43 heavy (non-hydrogen) atoms. The minimum Gasteiger partial charge on any atom is -1.00 e. The Kier molecular flexibility index (Phi) is 12.9. The third kappa shape index (κ3) is 10.5. The summed E-state index contributed by atoms with van der Waals surface area (Å²) in [5.74, 6) is -2.98. The summed E-state index contributed by atoms with van der Waals surface area (Å²) in [7, 11) is 1.46. The van der Waals surface area contributed by atoms with Gasteiger partial charge in [-0.25, -0.2) is 9.07 Å². The van der Waals surface area contributed by atoms with Gasteiger partial charge in [-0.1, -0.05) is 32.1 Å². The fourth-order valence-electron chi connectivity index (χ4n) is 4.32. The molecule has 0 aliphatic rings. The summed E-state index contributed by atoms with van der Waals surface area (Å²) >= 11 is 0. The van der Waals surface area contributed by atoms with E-state index in [0.29, 0.717) is 22.5 Å². The molecule has 0 fully saturated rings. The molecule has 0 saturated heterocycles. The van der Waals surface area contributed by atoms with Gasteiger partial charge in [0.1, 0.15) is 11.6 Å². The minimum absolute atomic E-state index is 0. The van der Waals surface area contributed by atoms with Crippen molar-refractivity contribution in [1.82, 2.24) is 14.7 Å². The summed E-state index contributed by atoms with van der Waals surface area (Å²) in [6.07, 6.45) is -5.38. The monoisotopic (exact) mass is 617 g/mol. The molecule has 3 aromatic rings. The fraction of sp³-hybridized carbons (Fsp3) is 0.345. The second-order valence-corrected chi connectivity index (χ2v) is 9.96. The van der Waals surface area contributed by atoms with E-state index >= 15 is 0 Å². The number of rotatable bonds is 12. The molecule has 0 unspecified atom stereocenters. The van der Waals surface area contributed by atoms with Gasteiger partial charge in [-0.2, -0.15) is 5.10 Å². The Labute approximate surface area is 269 Å². The molecule has 0 aliphatic heterocycles. The van der Waals surface area contributed by atoms with Crippen molar-refractivity contribution in [1.29, 1.82) is 0 Å². The van der Waals surface area contributed by atoms with Crippen LogP contribution in [0.15, 0.2) is 54.6 Å². The number of halogens is 4. The summed E-state index contributed by atoms with van der Waals surface area (Å²) in [6.45, 7) is 3.55. The van der Waals surface area contributed by atoms with E-state index in [1.165, 1.54) is 65.2 Å². The second kappa shape index (κ2) is 15.5. The third-order valence-corrected chi connectivity index (χ3v) is 6.11. The molecular formula is C29H32F4N3NaO6. The van der Waals surface area contributed by atoms with Crippen molar-refractivity contribution in [3.05, 3.63) is 82.9 Å². The summed E-state index contributed by atoms with van der Waals surface area (Å²) in [4.78, 5) is 25.8. The smallest absolute Gasteiger partial charge is 1.00 e. The standard InChI is InChI=1S/C29H31F4N3O6.Na.H/c1-17(2)26-24(12-11-21(37)14-22(38)15-25(39)40)36(20-9-7-19(30)8-10-20)34-27(26)28(41)35(3)16-18-5-4-6-23(13-18)42-29(31,32)33;;/h4-13,17,21-22,37-38H,14-16H2,1-3H3,(H,39,40);;/q;+1;-1/t21-,22+;;/m0../s1. The predicted molar refractivity (Wildman–Crippen MR) is 146 cm³/mol. The van der Waals surface area contributed by atoms with Gasteiger partial charge in [-0.15, -0.1) is 13.2 Å². The van der Waals surface area contributed by atoms with Gasteiger partial charge in [0.25, 0.3) is 5.91 Å². The number of carbonyl (C=O) groups is 2. The number of benzene rings is 2. The number of carboxylic acids is 1. The molecule has 9 nitrogen and oxygen atoms in total. The van der Waals surface area contributed by atoms with Crippen molar-refractivity contribution in [2.45, 2.75) is 57.7 Å². The van der Waals surface area contributed by atoms with Gasteiger partial charge in [0.15, 0.2) is 5.69 Å². The molecule has 0 aliphatic carbocycles. The molecule has 228 valence electrons.